The predicted octanol–water partition coefficient (Wildman–Crippen LogP) is 1.80. The highest BCUT2D eigenvalue weighted by atomic mass is 16.5. The summed E-state index contributed by atoms with van der Waals surface area (Å²) in [7, 11) is 0. The number of hydrogen-bond donors (Lipinski definition) is 1. The summed E-state index contributed by atoms with van der Waals surface area (Å²) >= 11 is 0. The molecule has 0 radical (unpaired) electrons. The molecule has 0 unspecified atom stereocenters. The molecule has 2 heterocycles. The van der Waals surface area contributed by atoms with Gasteiger partial charge in [-0.1, -0.05) is 43.7 Å². The van der Waals surface area contributed by atoms with Gasteiger partial charge in [-0.05, 0) is 23.8 Å². The SMILES string of the molecule is CC[C@@H]1CN(C(=O)CCc2ccccc2)[C@H](CO)[C@@H]1CN1CCOCC1. The van der Waals surface area contributed by atoms with Crippen LogP contribution in [-0.4, -0.2) is 72.9 Å². The van der Waals surface area contributed by atoms with E-state index >= 15 is 0 Å². The van der Waals surface area contributed by atoms with E-state index < -0.39 is 0 Å². The molecule has 1 amide bonds. The van der Waals surface area contributed by atoms with E-state index in [-0.39, 0.29) is 18.6 Å². The molecule has 5 heteroatoms. The summed E-state index contributed by atoms with van der Waals surface area (Å²) in [5.41, 5.74) is 1.19. The number of rotatable bonds is 7. The van der Waals surface area contributed by atoms with Gasteiger partial charge in [0.15, 0.2) is 0 Å². The third-order valence-corrected chi connectivity index (χ3v) is 6.01. The minimum absolute atomic E-state index is 0.0499. The number of carbonyl (C=O) groups is 1. The number of aliphatic hydroxyl groups excluding tert-OH is 1. The van der Waals surface area contributed by atoms with E-state index in [0.29, 0.717) is 18.3 Å². The topological polar surface area (TPSA) is 53.0 Å². The Labute approximate surface area is 156 Å². The zero-order valence-corrected chi connectivity index (χ0v) is 15.8. The second kappa shape index (κ2) is 9.49. The van der Waals surface area contributed by atoms with Crippen LogP contribution in [0.25, 0.3) is 0 Å². The first-order valence-electron chi connectivity index (χ1n) is 9.97. The molecule has 26 heavy (non-hydrogen) atoms. The van der Waals surface area contributed by atoms with Crippen molar-refractivity contribution in [2.45, 2.75) is 32.2 Å². The smallest absolute Gasteiger partial charge is 0.223 e. The Morgan fingerprint density at radius 1 is 1.23 bits per heavy atom. The Kier molecular flexibility index (Phi) is 7.06. The van der Waals surface area contributed by atoms with Crippen molar-refractivity contribution < 1.29 is 14.6 Å². The van der Waals surface area contributed by atoms with E-state index in [1.54, 1.807) is 0 Å². The molecular formula is C21H32N2O3. The maximum Gasteiger partial charge on any atom is 0.223 e. The van der Waals surface area contributed by atoms with Crippen LogP contribution in [-0.2, 0) is 16.0 Å². The molecule has 2 fully saturated rings. The second-order valence-electron chi connectivity index (χ2n) is 7.53. The van der Waals surface area contributed by atoms with E-state index in [0.717, 1.165) is 52.2 Å². The fourth-order valence-electron chi connectivity index (χ4n) is 4.41. The van der Waals surface area contributed by atoms with E-state index in [4.69, 9.17) is 4.74 Å². The molecule has 144 valence electrons. The molecule has 3 atom stereocenters. The van der Waals surface area contributed by atoms with Crippen LogP contribution in [0.15, 0.2) is 30.3 Å². The van der Waals surface area contributed by atoms with Gasteiger partial charge in [0.2, 0.25) is 5.91 Å². The summed E-state index contributed by atoms with van der Waals surface area (Å²) in [5.74, 6) is 0.996. The molecular weight excluding hydrogens is 328 g/mol. The molecule has 0 bridgehead atoms. The Hall–Kier alpha value is -1.43. The van der Waals surface area contributed by atoms with Gasteiger partial charge >= 0.3 is 0 Å². The maximum atomic E-state index is 12.9. The first-order chi connectivity index (χ1) is 12.7. The number of nitrogens with zero attached hydrogens (tertiary/aromatic N) is 2. The molecule has 2 aliphatic heterocycles. The zero-order chi connectivity index (χ0) is 18.4. The molecule has 1 aromatic carbocycles. The minimum atomic E-state index is -0.0499. The monoisotopic (exact) mass is 360 g/mol. The van der Waals surface area contributed by atoms with Crippen LogP contribution in [0.4, 0.5) is 0 Å². The summed E-state index contributed by atoms with van der Waals surface area (Å²) in [4.78, 5) is 17.3. The average molecular weight is 360 g/mol. The molecule has 1 N–H and O–H groups in total. The maximum absolute atomic E-state index is 12.9. The predicted molar refractivity (Wildman–Crippen MR) is 102 cm³/mol. The van der Waals surface area contributed by atoms with E-state index in [2.05, 4.69) is 24.0 Å². The first-order valence-corrected chi connectivity index (χ1v) is 9.97. The van der Waals surface area contributed by atoms with Gasteiger partial charge in [-0.15, -0.1) is 0 Å². The number of hydrogen-bond acceptors (Lipinski definition) is 4. The van der Waals surface area contributed by atoms with E-state index in [9.17, 15) is 9.90 Å². The van der Waals surface area contributed by atoms with Crippen molar-refractivity contribution in [2.75, 3.05) is 46.0 Å². The van der Waals surface area contributed by atoms with Crippen LogP contribution in [0.3, 0.4) is 0 Å². The van der Waals surface area contributed by atoms with Gasteiger partial charge in [0.1, 0.15) is 0 Å². The van der Waals surface area contributed by atoms with Crippen molar-refractivity contribution in [2.24, 2.45) is 11.8 Å². The van der Waals surface area contributed by atoms with Crippen LogP contribution in [0.5, 0.6) is 0 Å². The average Bonchev–Trinajstić information content (AvgIpc) is 3.05. The molecule has 5 nitrogen and oxygen atoms in total. The van der Waals surface area contributed by atoms with Crippen LogP contribution in [0.1, 0.15) is 25.3 Å². The second-order valence-corrected chi connectivity index (χ2v) is 7.53. The summed E-state index contributed by atoms with van der Waals surface area (Å²) in [6, 6.07) is 10.1. The minimum Gasteiger partial charge on any atom is -0.394 e. The largest absolute Gasteiger partial charge is 0.394 e. The summed E-state index contributed by atoms with van der Waals surface area (Å²) in [6.07, 6.45) is 2.33. The highest BCUT2D eigenvalue weighted by Crippen LogP contribution is 2.33. The molecule has 0 aliphatic carbocycles. The highest BCUT2D eigenvalue weighted by Gasteiger charge is 2.43. The molecule has 2 saturated heterocycles. The number of aryl methyl sites for hydroxylation is 1. The lowest BCUT2D eigenvalue weighted by molar-refractivity contribution is -0.133. The number of aliphatic hydroxyl groups is 1. The number of ether oxygens (including phenoxy) is 1. The Bertz CT molecular complexity index is 560. The van der Waals surface area contributed by atoms with Crippen LogP contribution < -0.4 is 0 Å². The van der Waals surface area contributed by atoms with Gasteiger partial charge in [-0.2, -0.15) is 0 Å². The lowest BCUT2D eigenvalue weighted by Gasteiger charge is -2.33. The molecule has 0 spiro atoms. The number of carbonyl (C=O) groups excluding carboxylic acids is 1. The summed E-state index contributed by atoms with van der Waals surface area (Å²) in [6.45, 7) is 7.46. The molecule has 0 saturated carbocycles. The Morgan fingerprint density at radius 2 is 1.96 bits per heavy atom. The van der Waals surface area contributed by atoms with E-state index in [1.807, 2.05) is 23.1 Å². The zero-order valence-electron chi connectivity index (χ0n) is 15.8. The van der Waals surface area contributed by atoms with Crippen molar-refractivity contribution in [3.63, 3.8) is 0 Å². The van der Waals surface area contributed by atoms with Crippen molar-refractivity contribution in [1.82, 2.24) is 9.80 Å². The lowest BCUT2D eigenvalue weighted by atomic mass is 9.88. The van der Waals surface area contributed by atoms with E-state index in [1.165, 1.54) is 5.56 Å². The van der Waals surface area contributed by atoms with Crippen molar-refractivity contribution >= 4 is 5.91 Å². The molecule has 3 rings (SSSR count). The Balaban J connectivity index is 1.61. The van der Waals surface area contributed by atoms with Gasteiger partial charge in [0.05, 0.1) is 25.9 Å². The fraction of sp³-hybridized carbons (Fsp3) is 0.667. The third-order valence-electron chi connectivity index (χ3n) is 6.01. The molecule has 0 aromatic heterocycles. The van der Waals surface area contributed by atoms with Crippen LogP contribution >= 0.6 is 0 Å². The standard InChI is InChI=1S/C21H32N2O3/c1-2-18-14-23(21(25)9-8-17-6-4-3-5-7-17)20(16-24)19(18)15-22-10-12-26-13-11-22/h3-7,18-20,24H,2,8-16H2,1H3/t18-,19-,20-/m1/s1. The fourth-order valence-corrected chi connectivity index (χ4v) is 4.41. The van der Waals surface area contributed by atoms with Gasteiger partial charge in [0.25, 0.3) is 0 Å². The number of amides is 1. The van der Waals surface area contributed by atoms with Crippen LogP contribution in [0, 0.1) is 11.8 Å². The summed E-state index contributed by atoms with van der Waals surface area (Å²) < 4.78 is 5.45. The number of morpholine rings is 1. The van der Waals surface area contributed by atoms with Crippen molar-refractivity contribution in [1.29, 1.82) is 0 Å². The van der Waals surface area contributed by atoms with Gasteiger partial charge in [-0.25, -0.2) is 0 Å². The molecule has 2 aliphatic rings. The lowest BCUT2D eigenvalue weighted by Crippen LogP contribution is -2.46. The van der Waals surface area contributed by atoms with Crippen molar-refractivity contribution in [3.05, 3.63) is 35.9 Å². The number of likely N-dealkylation sites (tertiary alicyclic amines) is 1. The van der Waals surface area contributed by atoms with Gasteiger partial charge < -0.3 is 14.7 Å². The third kappa shape index (κ3) is 4.64. The first kappa shape index (κ1) is 19.3. The van der Waals surface area contributed by atoms with Crippen LogP contribution in [0.2, 0.25) is 0 Å². The quantitative estimate of drug-likeness (QED) is 0.806. The highest BCUT2D eigenvalue weighted by molar-refractivity contribution is 5.77. The summed E-state index contributed by atoms with van der Waals surface area (Å²) in [5, 5.41) is 10.0. The Morgan fingerprint density at radius 3 is 2.62 bits per heavy atom. The van der Waals surface area contributed by atoms with Gasteiger partial charge in [-0.3, -0.25) is 9.69 Å². The normalized spacial score (nSPS) is 27.0. The molecule has 1 aromatic rings. The van der Waals surface area contributed by atoms with Crippen molar-refractivity contribution in [3.8, 4) is 0 Å². The van der Waals surface area contributed by atoms with Gasteiger partial charge in [0, 0.05) is 32.6 Å². The number of benzene rings is 1.